The summed E-state index contributed by atoms with van der Waals surface area (Å²) in [6, 6.07) is 1.71. The van der Waals surface area contributed by atoms with Gasteiger partial charge >= 0.3 is 0 Å². The average Bonchev–Trinajstić information content (AvgIpc) is 2.89. The van der Waals surface area contributed by atoms with Gasteiger partial charge in [-0.15, -0.1) is 10.2 Å². The van der Waals surface area contributed by atoms with Crippen LogP contribution in [0.15, 0.2) is 18.6 Å². The van der Waals surface area contributed by atoms with Crippen LogP contribution in [0.3, 0.4) is 0 Å². The van der Waals surface area contributed by atoms with Crippen LogP contribution in [-0.4, -0.2) is 44.3 Å². The van der Waals surface area contributed by atoms with E-state index >= 15 is 0 Å². The minimum atomic E-state index is -0.0858. The largest absolute Gasteiger partial charge is 0.368 e. The fourth-order valence-electron chi connectivity index (χ4n) is 2.36. The smallest absolute Gasteiger partial charge is 0.163 e. The Hall–Kier alpha value is -1.21. The van der Waals surface area contributed by atoms with E-state index in [-0.39, 0.29) is 6.10 Å². The lowest BCUT2D eigenvalue weighted by Gasteiger charge is -2.32. The van der Waals surface area contributed by atoms with Crippen molar-refractivity contribution in [2.24, 2.45) is 7.05 Å². The highest BCUT2D eigenvalue weighted by Crippen LogP contribution is 2.24. The maximum atomic E-state index is 6.18. The number of ether oxygens (including phenoxy) is 1. The predicted octanol–water partition coefficient (Wildman–Crippen LogP) is 2.09. The van der Waals surface area contributed by atoms with Gasteiger partial charge in [0.1, 0.15) is 12.4 Å². The molecule has 2 aromatic heterocycles. The summed E-state index contributed by atoms with van der Waals surface area (Å²) in [6.07, 6.45) is 3.20. The van der Waals surface area contributed by atoms with Gasteiger partial charge in [0.05, 0.1) is 22.3 Å². The lowest BCUT2D eigenvalue weighted by molar-refractivity contribution is -0.0389. The molecule has 0 N–H and O–H groups in total. The van der Waals surface area contributed by atoms with E-state index in [9.17, 15) is 0 Å². The van der Waals surface area contributed by atoms with E-state index in [1.54, 1.807) is 18.6 Å². The topological polar surface area (TPSA) is 56.1 Å². The molecule has 0 radical (unpaired) electrons. The Labute approximate surface area is 132 Å². The normalized spacial score (nSPS) is 19.9. The van der Waals surface area contributed by atoms with Crippen LogP contribution >= 0.6 is 23.2 Å². The molecule has 3 heterocycles. The molecule has 1 saturated heterocycles. The molecule has 1 fully saturated rings. The fourth-order valence-corrected chi connectivity index (χ4v) is 2.80. The summed E-state index contributed by atoms with van der Waals surface area (Å²) in [6.45, 7) is 2.86. The summed E-state index contributed by atoms with van der Waals surface area (Å²) in [5, 5.41) is 9.14. The Kier molecular flexibility index (Phi) is 4.40. The molecule has 0 saturated carbocycles. The standard InChI is InChI=1S/C13H15Cl2N5O/c1-19-8-17-18-13(19)12-7-20(2-3-21-12)6-11-10(15)4-9(14)5-16-11/h4-5,8,12H,2-3,6-7H2,1H3/t12-/m0/s1. The second-order valence-corrected chi connectivity index (χ2v) is 5.82. The maximum absolute atomic E-state index is 6.18. The van der Waals surface area contributed by atoms with Crippen LogP contribution in [0.2, 0.25) is 10.0 Å². The van der Waals surface area contributed by atoms with Crippen molar-refractivity contribution >= 4 is 23.2 Å². The zero-order chi connectivity index (χ0) is 14.8. The zero-order valence-corrected chi connectivity index (χ0v) is 13.0. The number of aromatic nitrogens is 4. The van der Waals surface area contributed by atoms with E-state index in [4.69, 9.17) is 27.9 Å². The lowest BCUT2D eigenvalue weighted by Crippen LogP contribution is -2.38. The Bertz CT molecular complexity index is 633. The highest BCUT2D eigenvalue weighted by atomic mass is 35.5. The molecule has 1 aliphatic rings. The Morgan fingerprint density at radius 1 is 1.43 bits per heavy atom. The summed E-state index contributed by atoms with van der Waals surface area (Å²) >= 11 is 12.0. The predicted molar refractivity (Wildman–Crippen MR) is 79.2 cm³/mol. The van der Waals surface area contributed by atoms with Gasteiger partial charge in [0.25, 0.3) is 0 Å². The van der Waals surface area contributed by atoms with E-state index in [1.807, 2.05) is 11.6 Å². The number of rotatable bonds is 3. The molecule has 112 valence electrons. The highest BCUT2D eigenvalue weighted by Gasteiger charge is 2.26. The Morgan fingerprint density at radius 2 is 2.29 bits per heavy atom. The van der Waals surface area contributed by atoms with Crippen LogP contribution in [0.5, 0.6) is 0 Å². The number of hydrogen-bond acceptors (Lipinski definition) is 5. The highest BCUT2D eigenvalue weighted by molar-refractivity contribution is 6.34. The Morgan fingerprint density at radius 3 is 3.00 bits per heavy atom. The van der Waals surface area contributed by atoms with Gasteiger partial charge in [0.2, 0.25) is 0 Å². The van der Waals surface area contributed by atoms with E-state index in [0.717, 1.165) is 24.6 Å². The number of nitrogens with zero attached hydrogens (tertiary/aromatic N) is 5. The monoisotopic (exact) mass is 327 g/mol. The number of aryl methyl sites for hydroxylation is 1. The SMILES string of the molecule is Cn1cnnc1[C@@H]1CN(Cc2ncc(Cl)cc2Cl)CCO1. The molecular formula is C13H15Cl2N5O. The van der Waals surface area contributed by atoms with Crippen LogP contribution in [0.1, 0.15) is 17.6 Å². The number of hydrogen-bond donors (Lipinski definition) is 0. The van der Waals surface area contributed by atoms with Gasteiger partial charge in [-0.3, -0.25) is 9.88 Å². The molecule has 6 nitrogen and oxygen atoms in total. The third-order valence-electron chi connectivity index (χ3n) is 3.44. The van der Waals surface area contributed by atoms with Crippen LogP contribution in [0.25, 0.3) is 0 Å². The molecule has 2 aromatic rings. The van der Waals surface area contributed by atoms with Crippen molar-refractivity contribution in [3.63, 3.8) is 0 Å². The molecule has 0 amide bonds. The molecular weight excluding hydrogens is 313 g/mol. The van der Waals surface area contributed by atoms with E-state index in [1.165, 1.54) is 0 Å². The van der Waals surface area contributed by atoms with Gasteiger partial charge in [0.15, 0.2) is 5.82 Å². The second kappa shape index (κ2) is 6.27. The first kappa shape index (κ1) is 14.7. The quantitative estimate of drug-likeness (QED) is 0.864. The fraction of sp³-hybridized carbons (Fsp3) is 0.462. The van der Waals surface area contributed by atoms with Crippen molar-refractivity contribution < 1.29 is 4.74 Å². The summed E-state index contributed by atoms with van der Waals surface area (Å²) in [5.41, 5.74) is 0.819. The van der Waals surface area contributed by atoms with Gasteiger partial charge in [0, 0.05) is 32.9 Å². The Balaban J connectivity index is 1.70. The van der Waals surface area contributed by atoms with Gasteiger partial charge in [-0.2, -0.15) is 0 Å². The molecule has 0 unspecified atom stereocenters. The van der Waals surface area contributed by atoms with Crippen LogP contribution in [0, 0.1) is 0 Å². The number of morpholine rings is 1. The molecule has 0 spiro atoms. The van der Waals surface area contributed by atoms with Gasteiger partial charge in [-0.05, 0) is 6.07 Å². The van der Waals surface area contributed by atoms with Crippen LogP contribution in [0.4, 0.5) is 0 Å². The first-order valence-corrected chi connectivity index (χ1v) is 7.37. The van der Waals surface area contributed by atoms with Crippen LogP contribution in [-0.2, 0) is 18.3 Å². The van der Waals surface area contributed by atoms with Crippen molar-refractivity contribution in [3.05, 3.63) is 40.2 Å². The molecule has 0 aromatic carbocycles. The minimum Gasteiger partial charge on any atom is -0.368 e. The van der Waals surface area contributed by atoms with Crippen molar-refractivity contribution in [2.75, 3.05) is 19.7 Å². The number of pyridine rings is 1. The van der Waals surface area contributed by atoms with Crippen molar-refractivity contribution in [2.45, 2.75) is 12.6 Å². The van der Waals surface area contributed by atoms with E-state index in [2.05, 4.69) is 20.1 Å². The van der Waals surface area contributed by atoms with Gasteiger partial charge in [-0.25, -0.2) is 0 Å². The third kappa shape index (κ3) is 3.35. The first-order chi connectivity index (χ1) is 10.1. The maximum Gasteiger partial charge on any atom is 0.163 e. The van der Waals surface area contributed by atoms with Gasteiger partial charge < -0.3 is 9.30 Å². The van der Waals surface area contributed by atoms with E-state index < -0.39 is 0 Å². The van der Waals surface area contributed by atoms with Crippen LogP contribution < -0.4 is 0 Å². The summed E-state index contributed by atoms with van der Waals surface area (Å²) < 4.78 is 7.66. The molecule has 0 aliphatic carbocycles. The molecule has 0 bridgehead atoms. The first-order valence-electron chi connectivity index (χ1n) is 6.61. The minimum absolute atomic E-state index is 0.0858. The number of halogens is 2. The zero-order valence-electron chi connectivity index (χ0n) is 11.5. The second-order valence-electron chi connectivity index (χ2n) is 4.98. The molecule has 1 atom stereocenters. The lowest BCUT2D eigenvalue weighted by atomic mass is 10.2. The third-order valence-corrected chi connectivity index (χ3v) is 3.98. The van der Waals surface area contributed by atoms with E-state index in [0.29, 0.717) is 23.2 Å². The van der Waals surface area contributed by atoms with Crippen molar-refractivity contribution in [3.8, 4) is 0 Å². The van der Waals surface area contributed by atoms with Crippen molar-refractivity contribution in [1.29, 1.82) is 0 Å². The van der Waals surface area contributed by atoms with Crippen molar-refractivity contribution in [1.82, 2.24) is 24.6 Å². The molecule has 1 aliphatic heterocycles. The molecule has 21 heavy (non-hydrogen) atoms. The molecule has 3 rings (SSSR count). The van der Waals surface area contributed by atoms with Gasteiger partial charge in [-0.1, -0.05) is 23.2 Å². The summed E-state index contributed by atoms with van der Waals surface area (Å²) in [4.78, 5) is 6.54. The summed E-state index contributed by atoms with van der Waals surface area (Å²) in [7, 11) is 1.91. The molecule has 8 heteroatoms. The summed E-state index contributed by atoms with van der Waals surface area (Å²) in [5.74, 6) is 0.829. The average molecular weight is 328 g/mol.